The highest BCUT2D eigenvalue weighted by molar-refractivity contribution is 6.16. The predicted octanol–water partition coefficient (Wildman–Crippen LogP) is 2.69. The molecule has 90 valence electrons. The van der Waals surface area contributed by atoms with Crippen LogP contribution in [0, 0.1) is 6.92 Å². The van der Waals surface area contributed by atoms with Gasteiger partial charge in [-0.05, 0) is 13.0 Å². The molecule has 0 fully saturated rings. The molecule has 0 radical (unpaired) electrons. The number of rotatable bonds is 3. The van der Waals surface area contributed by atoms with E-state index in [1.807, 2.05) is 19.1 Å². The molecule has 1 aromatic carbocycles. The molecule has 4 nitrogen and oxygen atoms in total. The molecule has 0 amide bonds. The van der Waals surface area contributed by atoms with Gasteiger partial charge in [-0.25, -0.2) is 9.97 Å². The second-order valence-corrected chi connectivity index (χ2v) is 3.85. The van der Waals surface area contributed by atoms with E-state index < -0.39 is 0 Å². The molecule has 1 heterocycles. The summed E-state index contributed by atoms with van der Waals surface area (Å²) in [5.74, 6) is 2.23. The van der Waals surface area contributed by atoms with Crippen molar-refractivity contribution in [2.24, 2.45) is 0 Å². The first-order chi connectivity index (χ1) is 8.19. The highest BCUT2D eigenvalue weighted by Gasteiger charge is 2.10. The number of fused-ring (bicyclic) bond motifs is 1. The van der Waals surface area contributed by atoms with Crippen LogP contribution in [-0.2, 0) is 5.88 Å². The summed E-state index contributed by atoms with van der Waals surface area (Å²) in [7, 11) is 3.20. The zero-order valence-electron chi connectivity index (χ0n) is 9.95. The Labute approximate surface area is 105 Å². The van der Waals surface area contributed by atoms with Crippen molar-refractivity contribution in [2.45, 2.75) is 12.8 Å². The SMILES string of the molecule is COc1cc2nc(CCl)nc(C)c2cc1OC. The van der Waals surface area contributed by atoms with E-state index in [1.54, 1.807) is 14.2 Å². The van der Waals surface area contributed by atoms with Gasteiger partial charge >= 0.3 is 0 Å². The van der Waals surface area contributed by atoms with E-state index in [4.69, 9.17) is 21.1 Å². The highest BCUT2D eigenvalue weighted by Crippen LogP contribution is 2.32. The van der Waals surface area contributed by atoms with Gasteiger partial charge in [-0.3, -0.25) is 0 Å². The van der Waals surface area contributed by atoms with Crippen molar-refractivity contribution in [1.82, 2.24) is 9.97 Å². The van der Waals surface area contributed by atoms with Crippen LogP contribution in [0.5, 0.6) is 11.5 Å². The number of ether oxygens (including phenoxy) is 2. The number of benzene rings is 1. The maximum Gasteiger partial charge on any atom is 0.162 e. The minimum atomic E-state index is 0.297. The van der Waals surface area contributed by atoms with Crippen molar-refractivity contribution in [3.05, 3.63) is 23.7 Å². The molecule has 0 unspecified atom stereocenters. The summed E-state index contributed by atoms with van der Waals surface area (Å²) in [6.45, 7) is 1.92. The Balaban J connectivity index is 2.73. The molecular weight excluding hydrogens is 240 g/mol. The Morgan fingerprint density at radius 3 is 2.35 bits per heavy atom. The molecule has 0 saturated carbocycles. The van der Waals surface area contributed by atoms with E-state index in [2.05, 4.69) is 9.97 Å². The molecule has 0 aliphatic heterocycles. The lowest BCUT2D eigenvalue weighted by atomic mass is 10.1. The largest absolute Gasteiger partial charge is 0.493 e. The molecule has 5 heteroatoms. The number of hydrogen-bond donors (Lipinski definition) is 0. The lowest BCUT2D eigenvalue weighted by Crippen LogP contribution is -1.98. The van der Waals surface area contributed by atoms with Gasteiger partial charge in [0.05, 0.1) is 25.6 Å². The molecule has 0 aliphatic carbocycles. The summed E-state index contributed by atoms with van der Waals surface area (Å²) < 4.78 is 10.5. The van der Waals surface area contributed by atoms with Gasteiger partial charge in [-0.2, -0.15) is 0 Å². The van der Waals surface area contributed by atoms with Crippen molar-refractivity contribution < 1.29 is 9.47 Å². The van der Waals surface area contributed by atoms with Gasteiger partial charge in [0.2, 0.25) is 0 Å². The van der Waals surface area contributed by atoms with Crippen molar-refractivity contribution in [2.75, 3.05) is 14.2 Å². The topological polar surface area (TPSA) is 44.2 Å². The van der Waals surface area contributed by atoms with Crippen LogP contribution in [0.4, 0.5) is 0 Å². The summed E-state index contributed by atoms with van der Waals surface area (Å²) in [4.78, 5) is 8.67. The maximum atomic E-state index is 5.75. The van der Waals surface area contributed by atoms with Crippen molar-refractivity contribution in [3.8, 4) is 11.5 Å². The summed E-state index contributed by atoms with van der Waals surface area (Å²) >= 11 is 5.75. The zero-order valence-corrected chi connectivity index (χ0v) is 10.7. The molecule has 0 bridgehead atoms. The van der Waals surface area contributed by atoms with Gasteiger partial charge in [0.25, 0.3) is 0 Å². The lowest BCUT2D eigenvalue weighted by molar-refractivity contribution is 0.355. The molecule has 0 aliphatic rings. The van der Waals surface area contributed by atoms with Crippen LogP contribution in [0.1, 0.15) is 11.5 Å². The number of aromatic nitrogens is 2. The Bertz CT molecular complexity index is 558. The summed E-state index contributed by atoms with van der Waals surface area (Å²) in [5, 5.41) is 0.941. The quantitative estimate of drug-likeness (QED) is 0.788. The molecular formula is C12H13ClN2O2. The van der Waals surface area contributed by atoms with Gasteiger partial charge in [0.1, 0.15) is 5.82 Å². The Morgan fingerprint density at radius 2 is 1.76 bits per heavy atom. The van der Waals surface area contributed by atoms with Crippen LogP contribution in [0.25, 0.3) is 10.9 Å². The summed E-state index contributed by atoms with van der Waals surface area (Å²) in [6, 6.07) is 3.71. The first kappa shape index (κ1) is 11.9. The number of aryl methyl sites for hydroxylation is 1. The lowest BCUT2D eigenvalue weighted by Gasteiger charge is -2.10. The number of alkyl halides is 1. The third-order valence-electron chi connectivity index (χ3n) is 2.56. The molecule has 0 N–H and O–H groups in total. The minimum absolute atomic E-state index is 0.297. The average Bonchev–Trinajstić information content (AvgIpc) is 2.36. The van der Waals surface area contributed by atoms with Crippen LogP contribution in [-0.4, -0.2) is 24.2 Å². The first-order valence-electron chi connectivity index (χ1n) is 5.14. The second kappa shape index (κ2) is 4.75. The van der Waals surface area contributed by atoms with Crippen molar-refractivity contribution >= 4 is 22.5 Å². The van der Waals surface area contributed by atoms with Crippen LogP contribution >= 0.6 is 11.6 Å². The number of hydrogen-bond acceptors (Lipinski definition) is 4. The minimum Gasteiger partial charge on any atom is -0.493 e. The fraction of sp³-hybridized carbons (Fsp3) is 0.333. The molecule has 1 aromatic heterocycles. The Hall–Kier alpha value is -1.55. The fourth-order valence-electron chi connectivity index (χ4n) is 1.73. The third kappa shape index (κ3) is 2.13. The smallest absolute Gasteiger partial charge is 0.162 e. The van der Waals surface area contributed by atoms with E-state index in [1.165, 1.54) is 0 Å². The normalized spacial score (nSPS) is 10.6. The summed E-state index contributed by atoms with van der Waals surface area (Å²) in [6.07, 6.45) is 0. The monoisotopic (exact) mass is 252 g/mol. The van der Waals surface area contributed by atoms with E-state index >= 15 is 0 Å². The fourth-order valence-corrected chi connectivity index (χ4v) is 1.85. The Kier molecular flexibility index (Phi) is 3.33. The summed E-state index contributed by atoms with van der Waals surface area (Å²) in [5.41, 5.74) is 1.69. The van der Waals surface area contributed by atoms with E-state index in [0.717, 1.165) is 16.6 Å². The van der Waals surface area contributed by atoms with E-state index in [9.17, 15) is 0 Å². The third-order valence-corrected chi connectivity index (χ3v) is 2.80. The van der Waals surface area contributed by atoms with Crippen LogP contribution in [0.2, 0.25) is 0 Å². The number of nitrogens with zero attached hydrogens (tertiary/aromatic N) is 2. The van der Waals surface area contributed by atoms with Gasteiger partial charge in [-0.1, -0.05) is 0 Å². The van der Waals surface area contributed by atoms with Gasteiger partial charge in [-0.15, -0.1) is 11.6 Å². The van der Waals surface area contributed by atoms with Crippen molar-refractivity contribution in [3.63, 3.8) is 0 Å². The van der Waals surface area contributed by atoms with Crippen molar-refractivity contribution in [1.29, 1.82) is 0 Å². The number of halogens is 1. The van der Waals surface area contributed by atoms with Gasteiger partial charge in [0.15, 0.2) is 11.5 Å². The molecule has 2 rings (SSSR count). The number of methoxy groups -OCH3 is 2. The molecule has 0 atom stereocenters. The maximum absolute atomic E-state index is 5.75. The molecule has 0 saturated heterocycles. The first-order valence-corrected chi connectivity index (χ1v) is 5.68. The average molecular weight is 253 g/mol. The van der Waals surface area contributed by atoms with Gasteiger partial charge in [0, 0.05) is 17.1 Å². The zero-order chi connectivity index (χ0) is 12.4. The molecule has 17 heavy (non-hydrogen) atoms. The standard InChI is InChI=1S/C12H13ClN2O2/c1-7-8-4-10(16-2)11(17-3)5-9(8)15-12(6-13)14-7/h4-5H,6H2,1-3H3. The van der Waals surface area contributed by atoms with E-state index in [-0.39, 0.29) is 0 Å². The second-order valence-electron chi connectivity index (χ2n) is 3.58. The highest BCUT2D eigenvalue weighted by atomic mass is 35.5. The Morgan fingerprint density at radius 1 is 1.12 bits per heavy atom. The molecule has 2 aromatic rings. The van der Waals surface area contributed by atoms with Crippen LogP contribution < -0.4 is 9.47 Å². The van der Waals surface area contributed by atoms with Crippen LogP contribution in [0.15, 0.2) is 12.1 Å². The molecule has 0 spiro atoms. The van der Waals surface area contributed by atoms with Crippen LogP contribution in [0.3, 0.4) is 0 Å². The van der Waals surface area contributed by atoms with Gasteiger partial charge < -0.3 is 9.47 Å². The predicted molar refractivity (Wildman–Crippen MR) is 66.9 cm³/mol. The van der Waals surface area contributed by atoms with E-state index in [0.29, 0.717) is 23.2 Å².